The average Bonchev–Trinajstić information content (AvgIpc) is 2.55. The van der Waals surface area contributed by atoms with Crippen molar-refractivity contribution in [3.05, 3.63) is 58.3 Å². The quantitative estimate of drug-likeness (QED) is 0.867. The Hall–Kier alpha value is -1.92. The maximum Gasteiger partial charge on any atom is 0.255 e. The summed E-state index contributed by atoms with van der Waals surface area (Å²) in [6.45, 7) is 4.10. The van der Waals surface area contributed by atoms with Gasteiger partial charge in [0.1, 0.15) is 5.82 Å². The molecule has 24 heavy (non-hydrogen) atoms. The summed E-state index contributed by atoms with van der Waals surface area (Å²) in [5.74, 6) is -0.775. The molecule has 0 radical (unpaired) electrons. The fraction of sp³-hybridized carbons (Fsp3) is 0.278. The molecule has 0 atom stereocenters. The molecule has 6 heteroatoms. The van der Waals surface area contributed by atoms with Gasteiger partial charge in [-0.15, -0.1) is 0 Å². The van der Waals surface area contributed by atoms with Gasteiger partial charge in [0.05, 0.1) is 0 Å². The molecule has 0 bridgehead atoms. The number of rotatable bonds is 3. The van der Waals surface area contributed by atoms with Gasteiger partial charge < -0.3 is 15.1 Å². The van der Waals surface area contributed by atoms with Crippen LogP contribution in [0.1, 0.15) is 10.4 Å². The maximum absolute atomic E-state index is 13.4. The molecular formula is C18H19BrFN3O. The Morgan fingerprint density at radius 3 is 2.38 bits per heavy atom. The number of benzene rings is 2. The van der Waals surface area contributed by atoms with Crippen LogP contribution in [0.5, 0.6) is 0 Å². The third-order valence-corrected chi connectivity index (χ3v) is 4.58. The zero-order valence-corrected chi connectivity index (χ0v) is 15.0. The Morgan fingerprint density at radius 1 is 1.08 bits per heavy atom. The SMILES string of the molecule is CN1CCN(c2ccc(NC(=O)c3cc(F)cc(Br)c3)cc2)CC1. The van der Waals surface area contributed by atoms with Crippen molar-refractivity contribution in [2.75, 3.05) is 43.4 Å². The van der Waals surface area contributed by atoms with Crippen molar-refractivity contribution in [2.24, 2.45) is 0 Å². The van der Waals surface area contributed by atoms with Gasteiger partial charge in [0.2, 0.25) is 0 Å². The van der Waals surface area contributed by atoms with Gasteiger partial charge in [-0.25, -0.2) is 4.39 Å². The summed E-state index contributed by atoms with van der Waals surface area (Å²) in [6, 6.07) is 11.9. The summed E-state index contributed by atoms with van der Waals surface area (Å²) < 4.78 is 13.9. The predicted octanol–water partition coefficient (Wildman–Crippen LogP) is 3.59. The number of nitrogens with one attached hydrogen (secondary N) is 1. The van der Waals surface area contributed by atoms with Gasteiger partial charge in [-0.2, -0.15) is 0 Å². The van der Waals surface area contributed by atoms with Gasteiger partial charge in [0, 0.05) is 47.6 Å². The minimum absolute atomic E-state index is 0.282. The zero-order chi connectivity index (χ0) is 17.1. The van der Waals surface area contributed by atoms with E-state index < -0.39 is 5.82 Å². The monoisotopic (exact) mass is 391 g/mol. The molecule has 1 aliphatic rings. The lowest BCUT2D eigenvalue weighted by atomic mass is 10.2. The van der Waals surface area contributed by atoms with E-state index in [0.29, 0.717) is 10.2 Å². The van der Waals surface area contributed by atoms with E-state index in [2.05, 4.69) is 38.1 Å². The van der Waals surface area contributed by atoms with Crippen LogP contribution >= 0.6 is 15.9 Å². The van der Waals surface area contributed by atoms with Crippen LogP contribution in [0.15, 0.2) is 46.9 Å². The topological polar surface area (TPSA) is 35.6 Å². The Morgan fingerprint density at radius 2 is 1.75 bits per heavy atom. The number of amides is 1. The molecule has 1 heterocycles. The summed E-state index contributed by atoms with van der Waals surface area (Å²) in [5, 5.41) is 2.80. The number of halogens is 2. The van der Waals surface area contributed by atoms with Crippen molar-refractivity contribution in [3.63, 3.8) is 0 Å². The zero-order valence-electron chi connectivity index (χ0n) is 13.4. The number of carbonyl (C=O) groups is 1. The van der Waals surface area contributed by atoms with Crippen LogP contribution in [-0.4, -0.2) is 44.0 Å². The van der Waals surface area contributed by atoms with E-state index in [1.807, 2.05) is 24.3 Å². The van der Waals surface area contributed by atoms with E-state index in [1.165, 1.54) is 12.1 Å². The lowest BCUT2D eigenvalue weighted by Crippen LogP contribution is -2.44. The minimum Gasteiger partial charge on any atom is -0.369 e. The largest absolute Gasteiger partial charge is 0.369 e. The number of hydrogen-bond acceptors (Lipinski definition) is 3. The van der Waals surface area contributed by atoms with Crippen molar-refractivity contribution in [3.8, 4) is 0 Å². The van der Waals surface area contributed by atoms with Crippen LogP contribution in [0.2, 0.25) is 0 Å². The van der Waals surface area contributed by atoms with Crippen LogP contribution in [0, 0.1) is 5.82 Å². The number of likely N-dealkylation sites (N-methyl/N-ethyl adjacent to an activating group) is 1. The molecule has 0 aromatic heterocycles. The highest BCUT2D eigenvalue weighted by Crippen LogP contribution is 2.21. The maximum atomic E-state index is 13.4. The number of anilines is 2. The van der Waals surface area contributed by atoms with Crippen LogP contribution in [0.25, 0.3) is 0 Å². The molecule has 1 aliphatic heterocycles. The number of hydrogen-bond donors (Lipinski definition) is 1. The Kier molecular flexibility index (Phi) is 5.16. The first kappa shape index (κ1) is 16.9. The second-order valence-electron chi connectivity index (χ2n) is 5.95. The van der Waals surface area contributed by atoms with Crippen LogP contribution in [0.4, 0.5) is 15.8 Å². The van der Waals surface area contributed by atoms with Crippen molar-refractivity contribution < 1.29 is 9.18 Å². The van der Waals surface area contributed by atoms with E-state index in [0.717, 1.165) is 31.9 Å². The van der Waals surface area contributed by atoms with Gasteiger partial charge in [-0.3, -0.25) is 4.79 Å². The van der Waals surface area contributed by atoms with E-state index in [1.54, 1.807) is 6.07 Å². The Labute approximate surface area is 149 Å². The molecule has 3 rings (SSSR count). The molecule has 2 aromatic carbocycles. The summed E-state index contributed by atoms with van der Waals surface area (Å²) in [5.41, 5.74) is 2.12. The lowest BCUT2D eigenvalue weighted by Gasteiger charge is -2.34. The first-order valence-corrected chi connectivity index (χ1v) is 8.61. The molecule has 2 aromatic rings. The highest BCUT2D eigenvalue weighted by molar-refractivity contribution is 9.10. The van der Waals surface area contributed by atoms with E-state index in [4.69, 9.17) is 0 Å². The molecular weight excluding hydrogens is 373 g/mol. The molecule has 1 amide bonds. The molecule has 0 saturated carbocycles. The molecule has 0 unspecified atom stereocenters. The van der Waals surface area contributed by atoms with Crippen molar-refractivity contribution in [1.29, 1.82) is 0 Å². The van der Waals surface area contributed by atoms with E-state index >= 15 is 0 Å². The number of carbonyl (C=O) groups excluding carboxylic acids is 1. The number of piperazine rings is 1. The van der Waals surface area contributed by atoms with E-state index in [9.17, 15) is 9.18 Å². The third kappa shape index (κ3) is 4.13. The van der Waals surface area contributed by atoms with Gasteiger partial charge in [-0.05, 0) is 49.5 Å². The fourth-order valence-corrected chi connectivity index (χ4v) is 3.17. The molecule has 4 nitrogen and oxygen atoms in total. The lowest BCUT2D eigenvalue weighted by molar-refractivity contribution is 0.102. The Balaban J connectivity index is 1.66. The van der Waals surface area contributed by atoms with Gasteiger partial charge >= 0.3 is 0 Å². The van der Waals surface area contributed by atoms with Crippen LogP contribution < -0.4 is 10.2 Å². The molecule has 1 fully saturated rings. The Bertz CT molecular complexity index is 707. The molecule has 0 aliphatic carbocycles. The normalized spacial score (nSPS) is 15.4. The molecule has 0 spiro atoms. The van der Waals surface area contributed by atoms with Gasteiger partial charge in [0.25, 0.3) is 5.91 Å². The summed E-state index contributed by atoms with van der Waals surface area (Å²) in [6.07, 6.45) is 0. The second-order valence-corrected chi connectivity index (χ2v) is 6.87. The van der Waals surface area contributed by atoms with Crippen molar-refractivity contribution in [1.82, 2.24) is 4.90 Å². The smallest absolute Gasteiger partial charge is 0.255 e. The van der Waals surface area contributed by atoms with Crippen LogP contribution in [0.3, 0.4) is 0 Å². The highest BCUT2D eigenvalue weighted by Gasteiger charge is 2.14. The highest BCUT2D eigenvalue weighted by atomic mass is 79.9. The molecule has 1 N–H and O–H groups in total. The average molecular weight is 392 g/mol. The third-order valence-electron chi connectivity index (χ3n) is 4.12. The van der Waals surface area contributed by atoms with E-state index in [-0.39, 0.29) is 11.5 Å². The fourth-order valence-electron chi connectivity index (χ4n) is 2.71. The second kappa shape index (κ2) is 7.32. The van der Waals surface area contributed by atoms with Crippen LogP contribution in [-0.2, 0) is 0 Å². The van der Waals surface area contributed by atoms with Crippen molar-refractivity contribution in [2.45, 2.75) is 0 Å². The molecule has 1 saturated heterocycles. The summed E-state index contributed by atoms with van der Waals surface area (Å²) in [7, 11) is 2.13. The number of nitrogens with zero attached hydrogens (tertiary/aromatic N) is 2. The standard InChI is InChI=1S/C18H19BrFN3O/c1-22-6-8-23(9-7-22)17-4-2-16(3-5-17)21-18(24)13-10-14(19)12-15(20)11-13/h2-5,10-12H,6-9H2,1H3,(H,21,24). The minimum atomic E-state index is -0.445. The summed E-state index contributed by atoms with van der Waals surface area (Å²) in [4.78, 5) is 16.9. The van der Waals surface area contributed by atoms with Crippen molar-refractivity contribution >= 4 is 33.2 Å². The first-order valence-electron chi connectivity index (χ1n) is 7.82. The summed E-state index contributed by atoms with van der Waals surface area (Å²) >= 11 is 3.20. The van der Waals surface area contributed by atoms with Gasteiger partial charge in [-0.1, -0.05) is 15.9 Å². The van der Waals surface area contributed by atoms with Gasteiger partial charge in [0.15, 0.2) is 0 Å². The predicted molar refractivity (Wildman–Crippen MR) is 98.2 cm³/mol. The molecule has 126 valence electrons. The first-order chi connectivity index (χ1) is 11.5.